The van der Waals surface area contributed by atoms with Gasteiger partial charge >= 0.3 is 0 Å². The summed E-state index contributed by atoms with van der Waals surface area (Å²) in [5.74, 6) is 0.0694. The van der Waals surface area contributed by atoms with Crippen LogP contribution in [-0.4, -0.2) is 30.7 Å². The summed E-state index contributed by atoms with van der Waals surface area (Å²) in [5, 5.41) is 0. The normalized spacial score (nSPS) is 20.6. The maximum Gasteiger partial charge on any atom is 0.255 e. The lowest BCUT2D eigenvalue weighted by Gasteiger charge is -2.23. The SMILES string of the molecule is COC1CCCN1C(=O)c1ccccc1. The molecule has 1 aliphatic heterocycles. The van der Waals surface area contributed by atoms with Crippen molar-refractivity contribution in [3.8, 4) is 0 Å². The van der Waals surface area contributed by atoms with Crippen LogP contribution in [0.2, 0.25) is 0 Å². The van der Waals surface area contributed by atoms with E-state index in [9.17, 15) is 4.79 Å². The van der Waals surface area contributed by atoms with Crippen LogP contribution in [0, 0.1) is 0 Å². The molecule has 1 fully saturated rings. The molecule has 15 heavy (non-hydrogen) atoms. The fourth-order valence-electron chi connectivity index (χ4n) is 1.96. The van der Waals surface area contributed by atoms with Gasteiger partial charge in [-0.25, -0.2) is 0 Å². The van der Waals surface area contributed by atoms with Crippen molar-refractivity contribution in [2.75, 3.05) is 13.7 Å². The molecule has 3 nitrogen and oxygen atoms in total. The zero-order valence-electron chi connectivity index (χ0n) is 8.85. The first-order valence-electron chi connectivity index (χ1n) is 5.22. The predicted molar refractivity (Wildman–Crippen MR) is 57.5 cm³/mol. The van der Waals surface area contributed by atoms with Gasteiger partial charge < -0.3 is 9.64 Å². The summed E-state index contributed by atoms with van der Waals surface area (Å²) in [5.41, 5.74) is 0.737. The van der Waals surface area contributed by atoms with Crippen LogP contribution in [0.15, 0.2) is 30.3 Å². The fourth-order valence-corrected chi connectivity index (χ4v) is 1.96. The summed E-state index contributed by atoms with van der Waals surface area (Å²) in [7, 11) is 1.65. The molecule has 80 valence electrons. The Kier molecular flexibility index (Phi) is 3.02. The Labute approximate surface area is 89.7 Å². The average molecular weight is 205 g/mol. The molecule has 3 heteroatoms. The molecule has 0 radical (unpaired) electrons. The number of likely N-dealkylation sites (tertiary alicyclic amines) is 1. The Hall–Kier alpha value is -1.35. The highest BCUT2D eigenvalue weighted by Crippen LogP contribution is 2.20. The van der Waals surface area contributed by atoms with Gasteiger partial charge in [0.05, 0.1) is 0 Å². The summed E-state index contributed by atoms with van der Waals surface area (Å²) in [6.45, 7) is 0.798. The Morgan fingerprint density at radius 2 is 2.13 bits per heavy atom. The van der Waals surface area contributed by atoms with E-state index >= 15 is 0 Å². The first kappa shape index (κ1) is 10.2. The summed E-state index contributed by atoms with van der Waals surface area (Å²) >= 11 is 0. The Bertz CT molecular complexity index is 337. The number of rotatable bonds is 2. The van der Waals surface area contributed by atoms with Crippen LogP contribution in [0.3, 0.4) is 0 Å². The molecular formula is C12H15NO2. The second kappa shape index (κ2) is 4.45. The topological polar surface area (TPSA) is 29.5 Å². The van der Waals surface area contributed by atoms with Crippen molar-refractivity contribution in [1.29, 1.82) is 0 Å². The number of carbonyl (C=O) groups is 1. The van der Waals surface area contributed by atoms with E-state index in [4.69, 9.17) is 4.74 Å². The number of nitrogens with zero attached hydrogens (tertiary/aromatic N) is 1. The third-order valence-corrected chi connectivity index (χ3v) is 2.75. The molecule has 0 saturated carbocycles. The number of hydrogen-bond acceptors (Lipinski definition) is 2. The highest BCUT2D eigenvalue weighted by Gasteiger charge is 2.28. The Morgan fingerprint density at radius 1 is 1.40 bits per heavy atom. The molecule has 1 amide bonds. The summed E-state index contributed by atoms with van der Waals surface area (Å²) < 4.78 is 5.27. The molecular weight excluding hydrogens is 190 g/mol. The van der Waals surface area contributed by atoms with Gasteiger partial charge in [0.2, 0.25) is 0 Å². The Balaban J connectivity index is 2.14. The number of hydrogen-bond donors (Lipinski definition) is 0. The molecule has 1 atom stereocenters. The van der Waals surface area contributed by atoms with Crippen LogP contribution >= 0.6 is 0 Å². The zero-order chi connectivity index (χ0) is 10.7. The van der Waals surface area contributed by atoms with Gasteiger partial charge in [-0.05, 0) is 25.0 Å². The zero-order valence-corrected chi connectivity index (χ0v) is 8.85. The molecule has 1 aromatic rings. The number of amides is 1. The number of ether oxygens (including phenoxy) is 1. The van der Waals surface area contributed by atoms with E-state index < -0.39 is 0 Å². The van der Waals surface area contributed by atoms with Gasteiger partial charge in [0.1, 0.15) is 6.23 Å². The first-order valence-corrected chi connectivity index (χ1v) is 5.22. The minimum atomic E-state index is -0.0438. The van der Waals surface area contributed by atoms with Crippen molar-refractivity contribution in [2.24, 2.45) is 0 Å². The van der Waals surface area contributed by atoms with Crippen molar-refractivity contribution in [3.05, 3.63) is 35.9 Å². The standard InChI is InChI=1S/C12H15NO2/c1-15-11-8-5-9-13(11)12(14)10-6-3-2-4-7-10/h2-4,6-7,11H,5,8-9H2,1H3. The summed E-state index contributed by atoms with van der Waals surface area (Å²) in [6, 6.07) is 9.35. The predicted octanol–water partition coefficient (Wildman–Crippen LogP) is 1.90. The van der Waals surface area contributed by atoms with Crippen molar-refractivity contribution in [1.82, 2.24) is 4.90 Å². The summed E-state index contributed by atoms with van der Waals surface area (Å²) in [6.07, 6.45) is 1.92. The molecule has 2 rings (SSSR count). The largest absolute Gasteiger partial charge is 0.362 e. The van der Waals surface area contributed by atoms with Crippen LogP contribution < -0.4 is 0 Å². The van der Waals surface area contributed by atoms with Crippen LogP contribution in [0.5, 0.6) is 0 Å². The highest BCUT2D eigenvalue weighted by molar-refractivity contribution is 5.94. The van der Waals surface area contributed by atoms with Gasteiger partial charge in [0.25, 0.3) is 5.91 Å². The maximum absolute atomic E-state index is 12.1. The maximum atomic E-state index is 12.1. The molecule has 0 aliphatic carbocycles. The molecule has 0 spiro atoms. The van der Waals surface area contributed by atoms with Gasteiger partial charge in [-0.3, -0.25) is 4.79 Å². The monoisotopic (exact) mass is 205 g/mol. The quantitative estimate of drug-likeness (QED) is 0.738. The van der Waals surface area contributed by atoms with E-state index in [1.807, 2.05) is 30.3 Å². The van der Waals surface area contributed by atoms with Gasteiger partial charge in [-0.1, -0.05) is 18.2 Å². The highest BCUT2D eigenvalue weighted by atomic mass is 16.5. The Morgan fingerprint density at radius 3 is 2.80 bits per heavy atom. The van der Waals surface area contributed by atoms with Gasteiger partial charge in [0.15, 0.2) is 0 Å². The minimum Gasteiger partial charge on any atom is -0.362 e. The van der Waals surface area contributed by atoms with Crippen LogP contribution in [-0.2, 0) is 4.74 Å². The third kappa shape index (κ3) is 2.02. The fraction of sp³-hybridized carbons (Fsp3) is 0.417. The van der Waals surface area contributed by atoms with Crippen molar-refractivity contribution in [2.45, 2.75) is 19.1 Å². The molecule has 1 unspecified atom stereocenters. The summed E-state index contributed by atoms with van der Waals surface area (Å²) in [4.78, 5) is 13.9. The lowest BCUT2D eigenvalue weighted by Crippen LogP contribution is -2.36. The number of carbonyl (C=O) groups excluding carboxylic acids is 1. The van der Waals surface area contributed by atoms with E-state index in [-0.39, 0.29) is 12.1 Å². The van der Waals surface area contributed by atoms with E-state index in [1.165, 1.54) is 0 Å². The molecule has 0 aromatic heterocycles. The van der Waals surface area contributed by atoms with Crippen LogP contribution in [0.4, 0.5) is 0 Å². The molecule has 1 saturated heterocycles. The van der Waals surface area contributed by atoms with Gasteiger partial charge in [-0.2, -0.15) is 0 Å². The van der Waals surface area contributed by atoms with Crippen LogP contribution in [0.25, 0.3) is 0 Å². The smallest absolute Gasteiger partial charge is 0.255 e. The molecule has 0 N–H and O–H groups in total. The molecule has 1 heterocycles. The molecule has 0 bridgehead atoms. The van der Waals surface area contributed by atoms with Crippen molar-refractivity contribution in [3.63, 3.8) is 0 Å². The number of benzene rings is 1. The van der Waals surface area contributed by atoms with E-state index in [0.29, 0.717) is 0 Å². The van der Waals surface area contributed by atoms with E-state index in [0.717, 1.165) is 24.9 Å². The van der Waals surface area contributed by atoms with Gasteiger partial charge in [-0.15, -0.1) is 0 Å². The first-order chi connectivity index (χ1) is 7.33. The van der Waals surface area contributed by atoms with E-state index in [2.05, 4.69) is 0 Å². The minimum absolute atomic E-state index is 0.0438. The lowest BCUT2D eigenvalue weighted by molar-refractivity contribution is 0.00166. The van der Waals surface area contributed by atoms with Gasteiger partial charge in [0, 0.05) is 19.2 Å². The molecule has 1 aromatic carbocycles. The second-order valence-corrected chi connectivity index (χ2v) is 3.70. The average Bonchev–Trinajstić information content (AvgIpc) is 2.77. The lowest BCUT2D eigenvalue weighted by atomic mass is 10.2. The molecule has 1 aliphatic rings. The third-order valence-electron chi connectivity index (χ3n) is 2.75. The second-order valence-electron chi connectivity index (χ2n) is 3.70. The van der Waals surface area contributed by atoms with E-state index in [1.54, 1.807) is 12.0 Å². The van der Waals surface area contributed by atoms with Crippen molar-refractivity contribution >= 4 is 5.91 Å². The van der Waals surface area contributed by atoms with Crippen LogP contribution in [0.1, 0.15) is 23.2 Å². The van der Waals surface area contributed by atoms with Crippen molar-refractivity contribution < 1.29 is 9.53 Å². The number of methoxy groups -OCH3 is 1.